The monoisotopic (exact) mass is 398 g/mol. The number of carbonyl (C=O) groups excluding carboxylic acids is 1. The number of rotatable bonds is 5. The molecule has 3 aliphatic heterocycles. The first-order valence-electron chi connectivity index (χ1n) is 10.9. The smallest absolute Gasteiger partial charge is 0.293 e. The third-order valence-electron chi connectivity index (χ3n) is 6.49. The largest absolute Gasteiger partial charge is 0.366 e. The highest BCUT2D eigenvalue weighted by atomic mass is 16.6. The van der Waals surface area contributed by atoms with Gasteiger partial charge in [0.05, 0.1) is 4.92 Å². The van der Waals surface area contributed by atoms with Gasteiger partial charge in [0.15, 0.2) is 0 Å². The van der Waals surface area contributed by atoms with Crippen LogP contribution in [0.3, 0.4) is 0 Å². The van der Waals surface area contributed by atoms with Gasteiger partial charge in [-0.2, -0.15) is 0 Å². The highest BCUT2D eigenvalue weighted by Gasteiger charge is 2.27. The predicted molar refractivity (Wildman–Crippen MR) is 114 cm³/mol. The van der Waals surface area contributed by atoms with Gasteiger partial charge in [0.2, 0.25) is 5.91 Å². The van der Waals surface area contributed by atoms with E-state index >= 15 is 0 Å². The van der Waals surface area contributed by atoms with E-state index in [1.165, 1.54) is 25.9 Å². The van der Waals surface area contributed by atoms with E-state index in [9.17, 15) is 14.9 Å². The number of anilines is 1. The van der Waals surface area contributed by atoms with E-state index in [-0.39, 0.29) is 16.5 Å². The maximum absolute atomic E-state index is 12.6. The molecular formula is C22H30N4O3. The average molecular weight is 399 g/mol. The number of nitro groups is 1. The summed E-state index contributed by atoms with van der Waals surface area (Å²) in [6, 6.07) is 5.88. The number of benzene rings is 1. The van der Waals surface area contributed by atoms with Crippen molar-refractivity contribution in [3.05, 3.63) is 40.0 Å². The van der Waals surface area contributed by atoms with Gasteiger partial charge in [-0.25, -0.2) is 0 Å². The number of hydrogen-bond donors (Lipinski definition) is 0. The second-order valence-electron chi connectivity index (χ2n) is 8.33. The summed E-state index contributed by atoms with van der Waals surface area (Å²) >= 11 is 0. The maximum Gasteiger partial charge on any atom is 0.293 e. The van der Waals surface area contributed by atoms with E-state index in [2.05, 4.69) is 9.80 Å². The molecule has 0 spiro atoms. The Bertz CT molecular complexity index is 774. The number of hydrogen-bond acceptors (Lipinski definition) is 5. The molecule has 0 N–H and O–H groups in total. The molecule has 0 bridgehead atoms. The SMILES string of the molecule is O=C(/C=C/c1ccc(N2CCCC2)c([N+](=O)[O-])c1)N1CCC(N2CCCC2)CC1. The molecular weight excluding hydrogens is 368 g/mol. The molecule has 3 heterocycles. The van der Waals surface area contributed by atoms with Crippen molar-refractivity contribution < 1.29 is 9.72 Å². The molecule has 156 valence electrons. The van der Waals surface area contributed by atoms with Gasteiger partial charge in [-0.3, -0.25) is 14.9 Å². The quantitative estimate of drug-likeness (QED) is 0.432. The van der Waals surface area contributed by atoms with Crippen LogP contribution in [-0.2, 0) is 4.79 Å². The summed E-state index contributed by atoms with van der Waals surface area (Å²) in [5.74, 6) is -0.00357. The first-order valence-corrected chi connectivity index (χ1v) is 10.9. The molecule has 1 amide bonds. The van der Waals surface area contributed by atoms with Gasteiger partial charge in [-0.05, 0) is 69.3 Å². The Kier molecular flexibility index (Phi) is 6.13. The van der Waals surface area contributed by atoms with Crippen LogP contribution < -0.4 is 4.90 Å². The number of piperidine rings is 1. The molecule has 0 atom stereocenters. The Balaban J connectivity index is 1.37. The molecule has 29 heavy (non-hydrogen) atoms. The fourth-order valence-electron chi connectivity index (χ4n) is 4.85. The predicted octanol–water partition coefficient (Wildman–Crippen LogP) is 3.30. The fraction of sp³-hybridized carbons (Fsp3) is 0.591. The van der Waals surface area contributed by atoms with E-state index < -0.39 is 0 Å². The molecule has 7 nitrogen and oxygen atoms in total. The Morgan fingerprint density at radius 2 is 1.66 bits per heavy atom. The van der Waals surface area contributed by atoms with Crippen molar-refractivity contribution in [2.45, 2.75) is 44.6 Å². The van der Waals surface area contributed by atoms with Gasteiger partial charge in [0, 0.05) is 44.4 Å². The molecule has 0 unspecified atom stereocenters. The van der Waals surface area contributed by atoms with Crippen molar-refractivity contribution in [3.63, 3.8) is 0 Å². The topological polar surface area (TPSA) is 69.9 Å². The molecule has 0 radical (unpaired) electrons. The highest BCUT2D eigenvalue weighted by Crippen LogP contribution is 2.32. The molecule has 3 saturated heterocycles. The lowest BCUT2D eigenvalue weighted by Gasteiger charge is -2.36. The van der Waals surface area contributed by atoms with Crippen LogP contribution in [0.1, 0.15) is 44.1 Å². The number of nitrogens with zero attached hydrogens (tertiary/aromatic N) is 4. The van der Waals surface area contributed by atoms with Crippen LogP contribution in [-0.4, -0.2) is 65.9 Å². The number of amides is 1. The fourth-order valence-corrected chi connectivity index (χ4v) is 4.85. The Morgan fingerprint density at radius 3 is 2.31 bits per heavy atom. The molecule has 0 aromatic heterocycles. The minimum atomic E-state index is -0.323. The second-order valence-corrected chi connectivity index (χ2v) is 8.33. The van der Waals surface area contributed by atoms with Gasteiger partial charge in [-0.1, -0.05) is 6.07 Å². The number of carbonyl (C=O) groups is 1. The summed E-state index contributed by atoms with van der Waals surface area (Å²) in [6.45, 7) is 5.70. The van der Waals surface area contributed by atoms with E-state index in [1.54, 1.807) is 18.2 Å². The molecule has 1 aromatic carbocycles. The van der Waals surface area contributed by atoms with Crippen LogP contribution in [0.15, 0.2) is 24.3 Å². The molecule has 1 aromatic rings. The third kappa shape index (κ3) is 4.61. The summed E-state index contributed by atoms with van der Waals surface area (Å²) in [7, 11) is 0. The maximum atomic E-state index is 12.6. The molecule has 0 saturated carbocycles. The van der Waals surface area contributed by atoms with Crippen molar-refractivity contribution >= 4 is 23.4 Å². The van der Waals surface area contributed by atoms with Crippen molar-refractivity contribution in [1.29, 1.82) is 0 Å². The molecule has 3 fully saturated rings. The minimum Gasteiger partial charge on any atom is -0.366 e. The zero-order valence-corrected chi connectivity index (χ0v) is 17.0. The second kappa shape index (κ2) is 8.95. The lowest BCUT2D eigenvalue weighted by atomic mass is 10.0. The van der Waals surface area contributed by atoms with E-state index in [4.69, 9.17) is 0 Å². The number of likely N-dealkylation sites (tertiary alicyclic amines) is 2. The molecule has 0 aliphatic carbocycles. The van der Waals surface area contributed by atoms with Crippen LogP contribution in [0.25, 0.3) is 6.08 Å². The van der Waals surface area contributed by atoms with Crippen molar-refractivity contribution in [3.8, 4) is 0 Å². The van der Waals surface area contributed by atoms with E-state index in [0.717, 1.165) is 51.9 Å². The summed E-state index contributed by atoms with van der Waals surface area (Å²) < 4.78 is 0. The average Bonchev–Trinajstić information content (AvgIpc) is 3.46. The molecule has 4 rings (SSSR count). The Morgan fingerprint density at radius 1 is 1.00 bits per heavy atom. The van der Waals surface area contributed by atoms with Crippen molar-refractivity contribution in [2.75, 3.05) is 44.2 Å². The van der Waals surface area contributed by atoms with Crippen LogP contribution in [0, 0.1) is 10.1 Å². The van der Waals surface area contributed by atoms with Crippen LogP contribution in [0.4, 0.5) is 11.4 Å². The van der Waals surface area contributed by atoms with Crippen LogP contribution >= 0.6 is 0 Å². The van der Waals surface area contributed by atoms with Gasteiger partial charge in [0.1, 0.15) is 5.69 Å². The summed E-state index contributed by atoms with van der Waals surface area (Å²) in [5, 5.41) is 11.5. The Hall–Kier alpha value is -2.41. The van der Waals surface area contributed by atoms with E-state index in [0.29, 0.717) is 17.3 Å². The lowest BCUT2D eigenvalue weighted by molar-refractivity contribution is -0.384. The summed E-state index contributed by atoms with van der Waals surface area (Å²) in [4.78, 5) is 30.3. The van der Waals surface area contributed by atoms with Gasteiger partial charge in [0.25, 0.3) is 5.69 Å². The van der Waals surface area contributed by atoms with Crippen molar-refractivity contribution in [1.82, 2.24) is 9.80 Å². The van der Waals surface area contributed by atoms with Crippen LogP contribution in [0.2, 0.25) is 0 Å². The molecule has 3 aliphatic rings. The standard InChI is InChI=1S/C22H30N4O3/c27-22(25-15-9-19(10-16-25)23-11-1-2-12-23)8-6-18-5-7-20(21(17-18)26(28)29)24-13-3-4-14-24/h5-8,17,19H,1-4,9-16H2/b8-6+. The third-order valence-corrected chi connectivity index (χ3v) is 6.49. The zero-order chi connectivity index (χ0) is 20.2. The van der Waals surface area contributed by atoms with Gasteiger partial charge in [-0.15, -0.1) is 0 Å². The first kappa shape index (κ1) is 19.9. The van der Waals surface area contributed by atoms with Crippen LogP contribution in [0.5, 0.6) is 0 Å². The first-order chi connectivity index (χ1) is 14.1. The minimum absolute atomic E-state index is 0.00357. The highest BCUT2D eigenvalue weighted by molar-refractivity contribution is 5.92. The van der Waals surface area contributed by atoms with Crippen molar-refractivity contribution in [2.24, 2.45) is 0 Å². The summed E-state index contributed by atoms with van der Waals surface area (Å²) in [5.41, 5.74) is 1.49. The summed E-state index contributed by atoms with van der Waals surface area (Å²) in [6.07, 6.45) is 10.1. The normalized spacial score (nSPS) is 21.4. The van der Waals surface area contributed by atoms with Gasteiger partial charge >= 0.3 is 0 Å². The molecule has 7 heteroatoms. The number of nitro benzene ring substituents is 1. The Labute approximate surface area is 172 Å². The lowest BCUT2D eigenvalue weighted by Crippen LogP contribution is -2.45. The van der Waals surface area contributed by atoms with Gasteiger partial charge < -0.3 is 14.7 Å². The zero-order valence-electron chi connectivity index (χ0n) is 17.0. The van der Waals surface area contributed by atoms with E-state index in [1.807, 2.05) is 17.0 Å².